The summed E-state index contributed by atoms with van der Waals surface area (Å²) in [5, 5.41) is 19.8. The Balaban J connectivity index is 1.95. The number of benzene rings is 2. The van der Waals surface area contributed by atoms with E-state index < -0.39 is 5.97 Å². The van der Waals surface area contributed by atoms with E-state index in [1.807, 2.05) is 31.2 Å². The van der Waals surface area contributed by atoms with Crippen LogP contribution in [0.2, 0.25) is 0 Å². The fourth-order valence-electron chi connectivity index (χ4n) is 4.40. The Morgan fingerprint density at radius 3 is 2.46 bits per heavy atom. The van der Waals surface area contributed by atoms with Crippen LogP contribution >= 0.6 is 0 Å². The highest BCUT2D eigenvalue weighted by atomic mass is 16.4. The van der Waals surface area contributed by atoms with Gasteiger partial charge in [-0.1, -0.05) is 57.4 Å². The second-order valence-electron chi connectivity index (χ2n) is 8.26. The van der Waals surface area contributed by atoms with Crippen LogP contribution in [-0.2, 0) is 11.8 Å². The molecule has 0 aromatic heterocycles. The van der Waals surface area contributed by atoms with Crippen LogP contribution in [-0.4, -0.2) is 16.2 Å². The molecule has 1 aliphatic carbocycles. The van der Waals surface area contributed by atoms with E-state index in [4.69, 9.17) is 0 Å². The van der Waals surface area contributed by atoms with Crippen molar-refractivity contribution in [1.82, 2.24) is 0 Å². The number of phenolic OH excluding ortho intramolecular Hbond substituents is 1. The van der Waals surface area contributed by atoms with Crippen molar-refractivity contribution in [3.05, 3.63) is 64.2 Å². The molecular formula is C25H30O3. The summed E-state index contributed by atoms with van der Waals surface area (Å²) in [6.45, 7) is 6.30. The van der Waals surface area contributed by atoms with E-state index in [-0.39, 0.29) is 5.41 Å². The average Bonchev–Trinajstić information content (AvgIpc) is 2.68. The Labute approximate surface area is 167 Å². The van der Waals surface area contributed by atoms with E-state index in [2.05, 4.69) is 26.0 Å². The van der Waals surface area contributed by atoms with Gasteiger partial charge in [-0.05, 0) is 72.1 Å². The van der Waals surface area contributed by atoms with Crippen LogP contribution in [0, 0.1) is 0 Å². The molecule has 0 aliphatic heterocycles. The molecule has 1 saturated carbocycles. The van der Waals surface area contributed by atoms with E-state index in [1.54, 1.807) is 6.07 Å². The third-order valence-corrected chi connectivity index (χ3v) is 6.18. The first-order valence-corrected chi connectivity index (χ1v) is 10.2. The number of aryl methyl sites for hydroxylation is 1. The Morgan fingerprint density at radius 2 is 1.82 bits per heavy atom. The number of carbonyl (C=O) groups is 1. The zero-order valence-electron chi connectivity index (χ0n) is 17.1. The lowest BCUT2D eigenvalue weighted by molar-refractivity contribution is 0.0695. The number of hydrogen-bond acceptors (Lipinski definition) is 2. The van der Waals surface area contributed by atoms with E-state index in [0.29, 0.717) is 17.7 Å². The lowest BCUT2D eigenvalue weighted by atomic mass is 9.70. The lowest BCUT2D eigenvalue weighted by Crippen LogP contribution is -2.25. The number of carboxylic acid groups (broad SMARTS) is 1. The number of aromatic carboxylic acids is 1. The van der Waals surface area contributed by atoms with Crippen LogP contribution < -0.4 is 0 Å². The molecule has 3 rings (SSSR count). The van der Waals surface area contributed by atoms with Crippen molar-refractivity contribution < 1.29 is 15.0 Å². The smallest absolute Gasteiger partial charge is 0.335 e. The van der Waals surface area contributed by atoms with Crippen LogP contribution in [0.25, 0.3) is 11.6 Å². The molecule has 0 atom stereocenters. The summed E-state index contributed by atoms with van der Waals surface area (Å²) < 4.78 is 0. The molecule has 3 nitrogen and oxygen atoms in total. The molecule has 148 valence electrons. The molecular weight excluding hydrogens is 348 g/mol. The Bertz CT molecular complexity index is 902. The summed E-state index contributed by atoms with van der Waals surface area (Å²) in [4.78, 5) is 11.3. The second kappa shape index (κ2) is 8.22. The van der Waals surface area contributed by atoms with E-state index in [1.165, 1.54) is 19.3 Å². The molecule has 0 radical (unpaired) electrons. The molecule has 0 saturated heterocycles. The Kier molecular flexibility index (Phi) is 5.93. The minimum Gasteiger partial charge on any atom is -0.508 e. The van der Waals surface area contributed by atoms with Gasteiger partial charge in [0.25, 0.3) is 0 Å². The number of aromatic hydroxyl groups is 1. The van der Waals surface area contributed by atoms with Gasteiger partial charge in [-0.15, -0.1) is 0 Å². The molecule has 2 N–H and O–H groups in total. The van der Waals surface area contributed by atoms with Crippen molar-refractivity contribution in [3.63, 3.8) is 0 Å². The Hall–Kier alpha value is -2.55. The molecule has 2 aromatic carbocycles. The molecule has 28 heavy (non-hydrogen) atoms. The maximum atomic E-state index is 11.3. The average molecular weight is 379 g/mol. The predicted octanol–water partition coefficient (Wildman–Crippen LogP) is 6.44. The molecule has 1 fully saturated rings. The highest BCUT2D eigenvalue weighted by Crippen LogP contribution is 2.43. The zero-order chi connectivity index (χ0) is 20.3. The second-order valence-corrected chi connectivity index (χ2v) is 8.26. The molecule has 3 heteroatoms. The first-order valence-electron chi connectivity index (χ1n) is 10.2. The summed E-state index contributed by atoms with van der Waals surface area (Å²) in [6.07, 6.45) is 8.71. The van der Waals surface area contributed by atoms with Crippen LogP contribution in [0.15, 0.2) is 36.4 Å². The highest BCUT2D eigenvalue weighted by molar-refractivity contribution is 5.90. The monoisotopic (exact) mass is 378 g/mol. The standard InChI is InChI=1S/C25H30O3/c1-4-19-15-18(8-10-21(19)24(27)28)14-17(2)20-9-11-23(26)22(16-20)25(3)12-6-5-7-13-25/h8-11,14-16,26H,4-7,12-13H2,1-3H3,(H,27,28)/b17-14+. The largest absolute Gasteiger partial charge is 0.508 e. The molecule has 0 heterocycles. The van der Waals surface area contributed by atoms with Gasteiger partial charge in [-0.2, -0.15) is 0 Å². The van der Waals surface area contributed by atoms with E-state index in [0.717, 1.165) is 40.7 Å². The van der Waals surface area contributed by atoms with Gasteiger partial charge in [-0.3, -0.25) is 0 Å². The Morgan fingerprint density at radius 1 is 1.11 bits per heavy atom. The van der Waals surface area contributed by atoms with Gasteiger partial charge in [0.05, 0.1) is 5.56 Å². The van der Waals surface area contributed by atoms with Crippen LogP contribution in [0.5, 0.6) is 5.75 Å². The van der Waals surface area contributed by atoms with Crippen LogP contribution in [0.3, 0.4) is 0 Å². The summed E-state index contributed by atoms with van der Waals surface area (Å²) >= 11 is 0. The normalized spacial score (nSPS) is 16.8. The van der Waals surface area contributed by atoms with Gasteiger partial charge in [0, 0.05) is 5.56 Å². The van der Waals surface area contributed by atoms with Gasteiger partial charge < -0.3 is 10.2 Å². The first kappa shape index (κ1) is 20.2. The number of allylic oxidation sites excluding steroid dienone is 1. The quantitative estimate of drug-likeness (QED) is 0.589. The van der Waals surface area contributed by atoms with Gasteiger partial charge in [0.15, 0.2) is 0 Å². The van der Waals surface area contributed by atoms with E-state index in [9.17, 15) is 15.0 Å². The third-order valence-electron chi connectivity index (χ3n) is 6.18. The molecule has 0 unspecified atom stereocenters. The van der Waals surface area contributed by atoms with Crippen molar-refractivity contribution in [2.75, 3.05) is 0 Å². The van der Waals surface area contributed by atoms with Gasteiger partial charge in [-0.25, -0.2) is 4.79 Å². The topological polar surface area (TPSA) is 57.5 Å². The molecule has 1 aliphatic rings. The summed E-state index contributed by atoms with van der Waals surface area (Å²) in [5.41, 5.74) is 5.50. The molecule has 2 aromatic rings. The van der Waals surface area contributed by atoms with Crippen LogP contribution in [0.4, 0.5) is 0 Å². The van der Waals surface area contributed by atoms with Crippen molar-refractivity contribution in [2.45, 2.75) is 64.7 Å². The summed E-state index contributed by atoms with van der Waals surface area (Å²) in [7, 11) is 0. The highest BCUT2D eigenvalue weighted by Gasteiger charge is 2.31. The number of rotatable bonds is 5. The number of phenols is 1. The molecule has 0 amide bonds. The van der Waals surface area contributed by atoms with Crippen LogP contribution in [0.1, 0.15) is 85.5 Å². The van der Waals surface area contributed by atoms with Gasteiger partial charge in [0.1, 0.15) is 5.75 Å². The predicted molar refractivity (Wildman–Crippen MR) is 115 cm³/mol. The fourth-order valence-corrected chi connectivity index (χ4v) is 4.40. The third kappa shape index (κ3) is 4.14. The van der Waals surface area contributed by atoms with Crippen molar-refractivity contribution in [2.24, 2.45) is 0 Å². The number of carboxylic acids is 1. The maximum Gasteiger partial charge on any atom is 0.335 e. The minimum atomic E-state index is -0.881. The first-order chi connectivity index (χ1) is 13.3. The molecule has 0 spiro atoms. The summed E-state index contributed by atoms with van der Waals surface area (Å²) in [6, 6.07) is 11.4. The lowest BCUT2D eigenvalue weighted by Gasteiger charge is -2.35. The maximum absolute atomic E-state index is 11.3. The summed E-state index contributed by atoms with van der Waals surface area (Å²) in [5.74, 6) is -0.493. The van der Waals surface area contributed by atoms with E-state index >= 15 is 0 Å². The van der Waals surface area contributed by atoms with Gasteiger partial charge in [0.2, 0.25) is 0 Å². The van der Waals surface area contributed by atoms with Gasteiger partial charge >= 0.3 is 5.97 Å². The minimum absolute atomic E-state index is 0.0388. The number of hydrogen-bond donors (Lipinski definition) is 2. The SMILES string of the molecule is CCc1cc(/C=C(\C)c2ccc(O)c(C3(C)CCCCC3)c2)ccc1C(=O)O. The van der Waals surface area contributed by atoms with Crippen molar-refractivity contribution in [3.8, 4) is 5.75 Å². The van der Waals surface area contributed by atoms with Crippen molar-refractivity contribution >= 4 is 17.6 Å². The van der Waals surface area contributed by atoms with Crippen molar-refractivity contribution in [1.29, 1.82) is 0 Å². The zero-order valence-corrected chi connectivity index (χ0v) is 17.1. The molecule has 0 bridgehead atoms. The fraction of sp³-hybridized carbons (Fsp3) is 0.400.